The number of nitrogens with two attached hydrogens (primary N) is 1. The smallest absolute Gasteiger partial charge is 0.136 e. The monoisotopic (exact) mass is 449 g/mol. The Kier molecular flexibility index (Phi) is 5.34. The van der Waals surface area contributed by atoms with Gasteiger partial charge in [0.2, 0.25) is 0 Å². The van der Waals surface area contributed by atoms with Gasteiger partial charge in [-0.25, -0.2) is 9.97 Å². The van der Waals surface area contributed by atoms with Gasteiger partial charge < -0.3 is 10.5 Å². The number of hydrogen-bond donors (Lipinski definition) is 1. The van der Waals surface area contributed by atoms with Crippen LogP contribution < -0.4 is 10.5 Å². The summed E-state index contributed by atoms with van der Waals surface area (Å²) in [7, 11) is 0. The van der Waals surface area contributed by atoms with Gasteiger partial charge in [0.15, 0.2) is 0 Å². The molecule has 156 valence electrons. The zero-order valence-electron chi connectivity index (χ0n) is 16.7. The molecule has 4 aromatic rings. The summed E-state index contributed by atoms with van der Waals surface area (Å²) in [6, 6.07) is 15.2. The second-order valence-electron chi connectivity index (χ2n) is 7.65. The molecule has 0 saturated heterocycles. The fourth-order valence-electron chi connectivity index (χ4n) is 4.06. The average molecular weight is 450 g/mol. The first kappa shape index (κ1) is 20.0. The summed E-state index contributed by atoms with van der Waals surface area (Å²) in [4.78, 5) is 22.6. The number of thiophene rings is 1. The highest BCUT2D eigenvalue weighted by atomic mass is 35.5. The Morgan fingerprint density at radius 3 is 2.55 bits per heavy atom. The van der Waals surface area contributed by atoms with E-state index in [2.05, 4.69) is 9.97 Å². The van der Waals surface area contributed by atoms with E-state index in [9.17, 15) is 4.79 Å². The first-order valence-corrected chi connectivity index (χ1v) is 11.4. The molecule has 1 fully saturated rings. The Labute approximate surface area is 188 Å². The number of nitrogens with zero attached hydrogens (tertiary/aromatic N) is 2. The van der Waals surface area contributed by atoms with Crippen molar-refractivity contribution < 1.29 is 9.53 Å². The molecular formula is C24H20ClN3O2S. The highest BCUT2D eigenvalue weighted by Crippen LogP contribution is 2.48. The van der Waals surface area contributed by atoms with Crippen LogP contribution >= 0.6 is 22.9 Å². The lowest BCUT2D eigenvalue weighted by Gasteiger charge is -2.19. The van der Waals surface area contributed by atoms with E-state index in [1.165, 1.54) is 6.33 Å². The molecule has 2 aromatic heterocycles. The summed E-state index contributed by atoms with van der Waals surface area (Å²) in [5.41, 5.74) is 8.02. The van der Waals surface area contributed by atoms with Crippen LogP contribution in [0.25, 0.3) is 21.3 Å². The van der Waals surface area contributed by atoms with Crippen molar-refractivity contribution in [3.63, 3.8) is 0 Å². The number of fused-ring (bicyclic) bond motifs is 1. The number of Topliss-reactive ketones (excluding diaryl/α,β-unsaturated/α-hetero) is 1. The summed E-state index contributed by atoms with van der Waals surface area (Å²) in [5, 5.41) is 1.41. The third-order valence-electron chi connectivity index (χ3n) is 5.63. The zero-order valence-corrected chi connectivity index (χ0v) is 18.2. The highest BCUT2D eigenvalue weighted by Gasteiger charge is 2.27. The van der Waals surface area contributed by atoms with Crippen LogP contribution in [0.1, 0.15) is 36.5 Å². The lowest BCUT2D eigenvalue weighted by atomic mass is 9.87. The van der Waals surface area contributed by atoms with Crippen LogP contribution in [0, 0.1) is 0 Å². The van der Waals surface area contributed by atoms with Crippen molar-refractivity contribution in [3.05, 3.63) is 64.8 Å². The minimum atomic E-state index is 0.299. The van der Waals surface area contributed by atoms with Crippen LogP contribution in [-0.2, 0) is 4.79 Å². The number of carbonyl (C=O) groups is 1. The first-order chi connectivity index (χ1) is 15.1. The van der Waals surface area contributed by atoms with Crippen molar-refractivity contribution in [3.8, 4) is 21.9 Å². The molecule has 1 saturated carbocycles. The Balaban J connectivity index is 1.56. The molecule has 5 nitrogen and oxygen atoms in total. The number of ether oxygens (including phenoxy) is 1. The van der Waals surface area contributed by atoms with E-state index >= 15 is 0 Å². The summed E-state index contributed by atoms with van der Waals surface area (Å²) in [6.45, 7) is 0. The topological polar surface area (TPSA) is 78.1 Å². The second-order valence-corrected chi connectivity index (χ2v) is 9.11. The van der Waals surface area contributed by atoms with E-state index in [1.54, 1.807) is 11.3 Å². The normalized spacial score (nSPS) is 14.8. The van der Waals surface area contributed by atoms with Crippen molar-refractivity contribution >= 4 is 45.4 Å². The van der Waals surface area contributed by atoms with Crippen LogP contribution in [0.4, 0.5) is 5.82 Å². The van der Waals surface area contributed by atoms with E-state index in [0.717, 1.165) is 44.8 Å². The molecule has 0 amide bonds. The summed E-state index contributed by atoms with van der Waals surface area (Å²) < 4.78 is 5.91. The molecule has 1 aliphatic carbocycles. The third kappa shape index (κ3) is 3.89. The van der Waals surface area contributed by atoms with Crippen molar-refractivity contribution in [2.24, 2.45) is 0 Å². The highest BCUT2D eigenvalue weighted by molar-refractivity contribution is 7.17. The van der Waals surface area contributed by atoms with Crippen LogP contribution in [0.3, 0.4) is 0 Å². The second kappa shape index (κ2) is 8.29. The number of hydrogen-bond acceptors (Lipinski definition) is 6. The van der Waals surface area contributed by atoms with Crippen LogP contribution in [0.2, 0.25) is 5.02 Å². The van der Waals surface area contributed by atoms with Gasteiger partial charge in [0, 0.05) is 34.2 Å². The molecule has 1 aliphatic rings. The Hall–Kier alpha value is -2.96. The molecule has 2 aromatic carbocycles. The van der Waals surface area contributed by atoms with Gasteiger partial charge in [-0.15, -0.1) is 11.3 Å². The molecule has 0 atom stereocenters. The number of halogens is 1. The first-order valence-electron chi connectivity index (χ1n) is 10.2. The molecule has 0 radical (unpaired) electrons. The number of rotatable bonds is 4. The van der Waals surface area contributed by atoms with Crippen LogP contribution in [-0.4, -0.2) is 15.8 Å². The molecule has 2 N–H and O–H groups in total. The number of carbonyl (C=O) groups excluding carboxylic acids is 1. The average Bonchev–Trinajstić information content (AvgIpc) is 3.16. The number of para-hydroxylation sites is 1. The Morgan fingerprint density at radius 1 is 1.03 bits per heavy atom. The molecule has 0 spiro atoms. The lowest BCUT2D eigenvalue weighted by Crippen LogP contribution is -2.11. The standard InChI is InChI=1S/C24H20ClN3O2S/c25-19-12-17(30-16-4-2-1-3-5-16)10-11-18(19)23-20-21(27-13-28-24(20)26)22(31-23)14-6-8-15(29)9-7-14/h1-5,10-14H,6-9H2,(H2,26,27,28). The van der Waals surface area contributed by atoms with Crippen LogP contribution in [0.5, 0.6) is 11.5 Å². The van der Waals surface area contributed by atoms with E-state index in [0.29, 0.717) is 41.1 Å². The maximum Gasteiger partial charge on any atom is 0.136 e. The summed E-state index contributed by atoms with van der Waals surface area (Å²) >= 11 is 8.35. The molecule has 2 heterocycles. The lowest BCUT2D eigenvalue weighted by molar-refractivity contribution is -0.120. The van der Waals surface area contributed by atoms with Crippen molar-refractivity contribution in [1.29, 1.82) is 0 Å². The molecule has 31 heavy (non-hydrogen) atoms. The van der Waals surface area contributed by atoms with Gasteiger partial charge in [0.1, 0.15) is 29.4 Å². The van der Waals surface area contributed by atoms with Gasteiger partial charge in [-0.05, 0) is 43.0 Å². The quantitative estimate of drug-likeness (QED) is 0.379. The van der Waals surface area contributed by atoms with Crippen molar-refractivity contribution in [2.45, 2.75) is 31.6 Å². The van der Waals surface area contributed by atoms with E-state index < -0.39 is 0 Å². The van der Waals surface area contributed by atoms with Gasteiger partial charge in [0.05, 0.1) is 15.9 Å². The minimum absolute atomic E-state index is 0.299. The number of benzene rings is 2. The summed E-state index contributed by atoms with van der Waals surface area (Å²) in [6.07, 6.45) is 4.42. The SMILES string of the molecule is Nc1ncnc2c(C3CCC(=O)CC3)sc(-c3ccc(Oc4ccccc4)cc3Cl)c12. The maximum absolute atomic E-state index is 11.7. The predicted octanol–water partition coefficient (Wildman–Crippen LogP) is 6.61. The third-order valence-corrected chi connectivity index (χ3v) is 7.31. The van der Waals surface area contributed by atoms with E-state index in [4.69, 9.17) is 22.1 Å². The van der Waals surface area contributed by atoms with Gasteiger partial charge >= 0.3 is 0 Å². The number of aromatic nitrogens is 2. The fraction of sp³-hybridized carbons (Fsp3) is 0.208. The van der Waals surface area contributed by atoms with Crippen molar-refractivity contribution in [2.75, 3.05) is 5.73 Å². The van der Waals surface area contributed by atoms with Crippen LogP contribution in [0.15, 0.2) is 54.9 Å². The minimum Gasteiger partial charge on any atom is -0.457 e. The maximum atomic E-state index is 11.7. The van der Waals surface area contributed by atoms with Crippen molar-refractivity contribution in [1.82, 2.24) is 9.97 Å². The Bertz CT molecular complexity index is 1260. The largest absolute Gasteiger partial charge is 0.457 e. The van der Waals surface area contributed by atoms with Gasteiger partial charge in [-0.1, -0.05) is 29.8 Å². The van der Waals surface area contributed by atoms with E-state index in [-0.39, 0.29) is 0 Å². The van der Waals surface area contributed by atoms with Gasteiger partial charge in [-0.2, -0.15) is 0 Å². The molecule has 5 rings (SSSR count). The fourth-order valence-corrected chi connectivity index (χ4v) is 5.84. The molecule has 0 unspecified atom stereocenters. The van der Waals surface area contributed by atoms with E-state index in [1.807, 2.05) is 48.5 Å². The predicted molar refractivity (Wildman–Crippen MR) is 125 cm³/mol. The number of ketones is 1. The Morgan fingerprint density at radius 2 is 1.81 bits per heavy atom. The van der Waals surface area contributed by atoms with Gasteiger partial charge in [-0.3, -0.25) is 4.79 Å². The molecule has 0 aliphatic heterocycles. The number of nitrogen functional groups attached to an aromatic ring is 1. The number of anilines is 1. The molecule has 0 bridgehead atoms. The zero-order chi connectivity index (χ0) is 21.4. The molecular weight excluding hydrogens is 430 g/mol. The van der Waals surface area contributed by atoms with Gasteiger partial charge in [0.25, 0.3) is 0 Å². The summed E-state index contributed by atoms with van der Waals surface area (Å²) in [5.74, 6) is 2.49. The molecule has 7 heteroatoms.